The van der Waals surface area contributed by atoms with Crippen LogP contribution >= 0.6 is 0 Å². The van der Waals surface area contributed by atoms with Crippen molar-refractivity contribution in [2.45, 2.75) is 20.5 Å². The average molecular weight is 233 g/mol. The van der Waals surface area contributed by atoms with Gasteiger partial charge in [-0.2, -0.15) is 4.98 Å². The van der Waals surface area contributed by atoms with E-state index in [4.69, 9.17) is 9.26 Å². The van der Waals surface area contributed by atoms with Gasteiger partial charge in [0, 0.05) is 12.6 Å². The number of nitrogens with zero attached hydrogens (tertiary/aromatic N) is 3. The van der Waals surface area contributed by atoms with E-state index in [-0.39, 0.29) is 12.3 Å². The maximum Gasteiger partial charge on any atom is 0.223 e. The average Bonchev–Trinajstić information content (AvgIpc) is 2.73. The zero-order chi connectivity index (χ0) is 12.3. The predicted molar refractivity (Wildman–Crippen MR) is 57.7 cm³/mol. The fraction of sp³-hybridized carbons (Fsp3) is 0.273. The molecule has 6 heteroatoms. The van der Waals surface area contributed by atoms with Crippen LogP contribution in [0.2, 0.25) is 0 Å². The third kappa shape index (κ3) is 2.66. The lowest BCUT2D eigenvalue weighted by Gasteiger charge is -2.05. The largest absolute Gasteiger partial charge is 0.483 e. The van der Waals surface area contributed by atoms with Crippen LogP contribution in [0.1, 0.15) is 27.9 Å². The van der Waals surface area contributed by atoms with Crippen LogP contribution < -0.4 is 4.74 Å². The molecule has 0 atom stereocenters. The number of carbonyl (C=O) groups excluding carboxylic acids is 1. The standard InChI is InChI=1S/C11H11N3O3/c1-7-3-4-10(9(5-15)12-7)16-6-11-13-8(2)17-14-11/h3-5H,6H2,1-2H3. The molecule has 0 saturated carbocycles. The Bertz CT molecular complexity index is 537. The minimum atomic E-state index is 0.142. The van der Waals surface area contributed by atoms with Gasteiger partial charge in [-0.25, -0.2) is 4.98 Å². The summed E-state index contributed by atoms with van der Waals surface area (Å²) in [6.07, 6.45) is 0.657. The number of hydrogen-bond donors (Lipinski definition) is 0. The Morgan fingerprint density at radius 3 is 2.82 bits per heavy atom. The summed E-state index contributed by atoms with van der Waals surface area (Å²) in [5.74, 6) is 1.31. The van der Waals surface area contributed by atoms with E-state index in [1.807, 2.05) is 0 Å². The molecule has 2 heterocycles. The number of aldehydes is 1. The van der Waals surface area contributed by atoms with E-state index in [1.165, 1.54) is 0 Å². The van der Waals surface area contributed by atoms with Gasteiger partial charge in [-0.05, 0) is 19.1 Å². The molecule has 0 unspecified atom stereocenters. The molecule has 0 radical (unpaired) electrons. The van der Waals surface area contributed by atoms with E-state index in [9.17, 15) is 4.79 Å². The Morgan fingerprint density at radius 2 is 2.18 bits per heavy atom. The highest BCUT2D eigenvalue weighted by Gasteiger charge is 2.07. The van der Waals surface area contributed by atoms with Crippen LogP contribution in [0.4, 0.5) is 0 Å². The van der Waals surface area contributed by atoms with Crippen molar-refractivity contribution in [3.63, 3.8) is 0 Å². The molecule has 2 rings (SSSR count). The quantitative estimate of drug-likeness (QED) is 0.744. The van der Waals surface area contributed by atoms with Crippen molar-refractivity contribution in [2.24, 2.45) is 0 Å². The number of pyridine rings is 1. The summed E-state index contributed by atoms with van der Waals surface area (Å²) in [7, 11) is 0. The molecule has 0 bridgehead atoms. The Balaban J connectivity index is 2.11. The summed E-state index contributed by atoms with van der Waals surface area (Å²) < 4.78 is 10.2. The van der Waals surface area contributed by atoms with Gasteiger partial charge in [-0.15, -0.1) is 0 Å². The highest BCUT2D eigenvalue weighted by atomic mass is 16.5. The number of hydrogen-bond acceptors (Lipinski definition) is 6. The number of rotatable bonds is 4. The van der Waals surface area contributed by atoms with Gasteiger partial charge >= 0.3 is 0 Å². The zero-order valence-corrected chi connectivity index (χ0v) is 9.51. The summed E-state index contributed by atoms with van der Waals surface area (Å²) in [4.78, 5) is 18.8. The summed E-state index contributed by atoms with van der Waals surface area (Å²) in [5, 5.41) is 3.68. The molecule has 0 fully saturated rings. The van der Waals surface area contributed by atoms with Crippen molar-refractivity contribution in [3.8, 4) is 5.75 Å². The highest BCUT2D eigenvalue weighted by Crippen LogP contribution is 2.16. The molecule has 0 aliphatic rings. The maximum absolute atomic E-state index is 10.8. The van der Waals surface area contributed by atoms with Crippen molar-refractivity contribution in [2.75, 3.05) is 0 Å². The fourth-order valence-electron chi connectivity index (χ4n) is 1.31. The normalized spacial score (nSPS) is 10.2. The first-order valence-electron chi connectivity index (χ1n) is 5.04. The van der Waals surface area contributed by atoms with E-state index >= 15 is 0 Å². The van der Waals surface area contributed by atoms with Crippen LogP contribution in [0.25, 0.3) is 0 Å². The lowest BCUT2D eigenvalue weighted by molar-refractivity contribution is 0.111. The van der Waals surface area contributed by atoms with Gasteiger partial charge in [0.2, 0.25) is 11.7 Å². The molecule has 2 aromatic heterocycles. The minimum absolute atomic E-state index is 0.142. The lowest BCUT2D eigenvalue weighted by Crippen LogP contribution is -2.02. The second-order valence-electron chi connectivity index (χ2n) is 3.47. The first-order valence-corrected chi connectivity index (χ1v) is 5.04. The predicted octanol–water partition coefficient (Wildman–Crippen LogP) is 1.47. The van der Waals surface area contributed by atoms with Gasteiger partial charge in [-0.1, -0.05) is 5.16 Å². The molecule has 0 spiro atoms. The van der Waals surface area contributed by atoms with Gasteiger partial charge in [0.1, 0.15) is 11.4 Å². The van der Waals surface area contributed by atoms with Crippen LogP contribution in [-0.4, -0.2) is 21.4 Å². The molecule has 88 valence electrons. The topological polar surface area (TPSA) is 78.1 Å². The SMILES string of the molecule is Cc1ccc(OCc2noc(C)n2)c(C=O)n1. The van der Waals surface area contributed by atoms with E-state index in [0.29, 0.717) is 23.8 Å². The highest BCUT2D eigenvalue weighted by molar-refractivity contribution is 5.76. The molecular weight excluding hydrogens is 222 g/mol. The fourth-order valence-corrected chi connectivity index (χ4v) is 1.31. The third-order valence-corrected chi connectivity index (χ3v) is 2.06. The molecule has 6 nitrogen and oxygen atoms in total. The number of aromatic nitrogens is 3. The third-order valence-electron chi connectivity index (χ3n) is 2.06. The van der Waals surface area contributed by atoms with E-state index in [0.717, 1.165) is 5.69 Å². The molecule has 0 N–H and O–H groups in total. The van der Waals surface area contributed by atoms with Crippen LogP contribution in [0.15, 0.2) is 16.7 Å². The van der Waals surface area contributed by atoms with Gasteiger partial charge in [0.15, 0.2) is 12.9 Å². The van der Waals surface area contributed by atoms with Crippen molar-refractivity contribution in [1.29, 1.82) is 0 Å². The molecule has 2 aromatic rings. The Kier molecular flexibility index (Phi) is 3.13. The van der Waals surface area contributed by atoms with E-state index < -0.39 is 0 Å². The monoisotopic (exact) mass is 233 g/mol. The second kappa shape index (κ2) is 4.73. The van der Waals surface area contributed by atoms with Gasteiger partial charge < -0.3 is 9.26 Å². The van der Waals surface area contributed by atoms with Crippen LogP contribution in [0, 0.1) is 13.8 Å². The Hall–Kier alpha value is -2.24. The summed E-state index contributed by atoms with van der Waals surface area (Å²) in [5.41, 5.74) is 1.03. The van der Waals surface area contributed by atoms with Gasteiger partial charge in [0.25, 0.3) is 0 Å². The van der Waals surface area contributed by atoms with Crippen molar-refractivity contribution < 1.29 is 14.1 Å². The van der Waals surface area contributed by atoms with Crippen molar-refractivity contribution in [3.05, 3.63) is 35.2 Å². The molecule has 0 amide bonds. The van der Waals surface area contributed by atoms with Gasteiger partial charge in [0.05, 0.1) is 0 Å². The molecule has 0 aromatic carbocycles. The van der Waals surface area contributed by atoms with E-state index in [1.54, 1.807) is 26.0 Å². The summed E-state index contributed by atoms with van der Waals surface area (Å²) in [6.45, 7) is 3.64. The minimum Gasteiger partial charge on any atom is -0.483 e. The number of carbonyl (C=O) groups is 1. The first kappa shape index (κ1) is 11.3. The van der Waals surface area contributed by atoms with E-state index in [2.05, 4.69) is 15.1 Å². The molecule has 0 aliphatic heterocycles. The van der Waals surface area contributed by atoms with Gasteiger partial charge in [-0.3, -0.25) is 4.79 Å². The first-order chi connectivity index (χ1) is 8.19. The van der Waals surface area contributed by atoms with Crippen molar-refractivity contribution >= 4 is 6.29 Å². The Morgan fingerprint density at radius 1 is 1.35 bits per heavy atom. The molecule has 0 saturated heterocycles. The second-order valence-corrected chi connectivity index (χ2v) is 3.47. The van der Waals surface area contributed by atoms with Crippen LogP contribution in [-0.2, 0) is 6.61 Å². The zero-order valence-electron chi connectivity index (χ0n) is 9.51. The van der Waals surface area contributed by atoms with Crippen LogP contribution in [0.3, 0.4) is 0 Å². The van der Waals surface area contributed by atoms with Crippen molar-refractivity contribution in [1.82, 2.24) is 15.1 Å². The maximum atomic E-state index is 10.8. The number of aryl methyl sites for hydroxylation is 2. The molecule has 0 aliphatic carbocycles. The van der Waals surface area contributed by atoms with Crippen LogP contribution in [0.5, 0.6) is 5.75 Å². The molecule has 17 heavy (non-hydrogen) atoms. The lowest BCUT2D eigenvalue weighted by atomic mass is 10.3. The smallest absolute Gasteiger partial charge is 0.223 e. The summed E-state index contributed by atoms with van der Waals surface area (Å²) in [6, 6.07) is 3.46. The molecular formula is C11H11N3O3. The summed E-state index contributed by atoms with van der Waals surface area (Å²) >= 11 is 0. The number of ether oxygens (including phenoxy) is 1. The Labute approximate surface area is 97.6 Å².